The van der Waals surface area contributed by atoms with Crippen LogP contribution >= 0.6 is 0 Å². The Labute approximate surface area is 155 Å². The van der Waals surface area contributed by atoms with E-state index in [1.54, 1.807) is 29.2 Å². The summed E-state index contributed by atoms with van der Waals surface area (Å²) in [5, 5.41) is 5.77. The van der Waals surface area contributed by atoms with E-state index in [0.29, 0.717) is 30.6 Å². The Morgan fingerprint density at radius 1 is 1.12 bits per heavy atom. The number of carbonyl (C=O) groups excluding carboxylic acids is 3. The van der Waals surface area contributed by atoms with Crippen LogP contribution in [0.1, 0.15) is 63.7 Å². The summed E-state index contributed by atoms with van der Waals surface area (Å²) in [5.74, 6) is -0.306. The molecule has 0 radical (unpaired) electrons. The van der Waals surface area contributed by atoms with Gasteiger partial charge in [-0.15, -0.1) is 0 Å². The summed E-state index contributed by atoms with van der Waals surface area (Å²) < 4.78 is 0. The number of rotatable bonds is 4. The van der Waals surface area contributed by atoms with Gasteiger partial charge in [0.25, 0.3) is 5.91 Å². The van der Waals surface area contributed by atoms with E-state index < -0.39 is 6.04 Å². The molecular formula is C20H29N3O3. The number of nitrogens with zero attached hydrogens (tertiary/aromatic N) is 1. The minimum absolute atomic E-state index is 0.0130. The van der Waals surface area contributed by atoms with Crippen molar-refractivity contribution in [1.82, 2.24) is 10.2 Å². The highest BCUT2D eigenvalue weighted by Crippen LogP contribution is 2.20. The van der Waals surface area contributed by atoms with Gasteiger partial charge >= 0.3 is 0 Å². The zero-order valence-corrected chi connectivity index (χ0v) is 16.1. The highest BCUT2D eigenvalue weighted by molar-refractivity contribution is 5.98. The molecular weight excluding hydrogens is 330 g/mol. The number of amides is 3. The molecule has 142 valence electrons. The maximum Gasteiger partial charge on any atom is 0.251 e. The second-order valence-corrected chi connectivity index (χ2v) is 7.72. The molecule has 1 atom stereocenters. The summed E-state index contributed by atoms with van der Waals surface area (Å²) in [6.07, 6.45) is 2.97. The van der Waals surface area contributed by atoms with Crippen molar-refractivity contribution in [1.29, 1.82) is 0 Å². The predicted octanol–water partition coefficient (Wildman–Crippen LogP) is 2.94. The average Bonchev–Trinajstić information content (AvgIpc) is 2.60. The Hall–Kier alpha value is -2.37. The highest BCUT2D eigenvalue weighted by Gasteiger charge is 2.31. The molecule has 1 fully saturated rings. The molecule has 26 heavy (non-hydrogen) atoms. The highest BCUT2D eigenvalue weighted by atomic mass is 16.2. The fourth-order valence-corrected chi connectivity index (χ4v) is 3.05. The van der Waals surface area contributed by atoms with Crippen molar-refractivity contribution in [3.8, 4) is 0 Å². The third-order valence-electron chi connectivity index (χ3n) is 4.33. The lowest BCUT2D eigenvalue weighted by Gasteiger charge is -2.34. The fourth-order valence-electron chi connectivity index (χ4n) is 3.05. The smallest absolute Gasteiger partial charge is 0.251 e. The van der Waals surface area contributed by atoms with Crippen molar-refractivity contribution in [3.05, 3.63) is 29.8 Å². The first-order chi connectivity index (χ1) is 12.2. The summed E-state index contributed by atoms with van der Waals surface area (Å²) in [5.41, 5.74) is 0.857. The zero-order valence-electron chi connectivity index (χ0n) is 16.1. The summed E-state index contributed by atoms with van der Waals surface area (Å²) >= 11 is 0. The molecule has 0 unspecified atom stereocenters. The fraction of sp³-hybridized carbons (Fsp3) is 0.550. The van der Waals surface area contributed by atoms with E-state index in [1.165, 1.54) is 0 Å². The molecule has 0 bridgehead atoms. The number of anilines is 1. The predicted molar refractivity (Wildman–Crippen MR) is 102 cm³/mol. The van der Waals surface area contributed by atoms with Crippen LogP contribution < -0.4 is 10.6 Å². The second-order valence-electron chi connectivity index (χ2n) is 7.72. The topological polar surface area (TPSA) is 78.5 Å². The molecule has 0 aromatic heterocycles. The molecule has 0 spiro atoms. The molecule has 6 heteroatoms. The number of hydrogen-bond acceptors (Lipinski definition) is 3. The van der Waals surface area contributed by atoms with Crippen molar-refractivity contribution in [2.45, 2.75) is 65.0 Å². The third-order valence-corrected chi connectivity index (χ3v) is 4.33. The summed E-state index contributed by atoms with van der Waals surface area (Å²) in [7, 11) is 0. The van der Waals surface area contributed by atoms with Crippen molar-refractivity contribution in [2.24, 2.45) is 0 Å². The lowest BCUT2D eigenvalue weighted by molar-refractivity contribution is -0.140. The number of carbonyl (C=O) groups is 3. The summed E-state index contributed by atoms with van der Waals surface area (Å²) in [6.45, 7) is 8.22. The van der Waals surface area contributed by atoms with Gasteiger partial charge in [0.1, 0.15) is 6.04 Å². The Morgan fingerprint density at radius 3 is 2.35 bits per heavy atom. The van der Waals surface area contributed by atoms with Gasteiger partial charge in [-0.1, -0.05) is 6.92 Å². The standard InChI is InChI=1S/C20H29N3O3/c1-5-17(24)23-13-7-6-8-16(23)19(26)21-15-11-9-14(10-12-15)18(25)22-20(2,3)4/h9-12,16H,5-8,13H2,1-4H3,(H,21,26)(H,22,25)/t16-/m1/s1. The van der Waals surface area contributed by atoms with Gasteiger partial charge in [-0.3, -0.25) is 14.4 Å². The van der Waals surface area contributed by atoms with Crippen LogP contribution in [0.3, 0.4) is 0 Å². The Bertz CT molecular complexity index is 662. The molecule has 1 saturated heterocycles. The van der Waals surface area contributed by atoms with Gasteiger partial charge in [0.05, 0.1) is 0 Å². The van der Waals surface area contributed by atoms with E-state index >= 15 is 0 Å². The van der Waals surface area contributed by atoms with Gasteiger partial charge in [0.15, 0.2) is 0 Å². The first-order valence-corrected chi connectivity index (χ1v) is 9.24. The van der Waals surface area contributed by atoms with Gasteiger partial charge in [-0.25, -0.2) is 0 Å². The van der Waals surface area contributed by atoms with Crippen LogP contribution in [0.25, 0.3) is 0 Å². The molecule has 0 saturated carbocycles. The van der Waals surface area contributed by atoms with Crippen molar-refractivity contribution in [2.75, 3.05) is 11.9 Å². The Balaban J connectivity index is 2.02. The van der Waals surface area contributed by atoms with Crippen LogP contribution in [-0.4, -0.2) is 40.7 Å². The van der Waals surface area contributed by atoms with Crippen LogP contribution in [0.5, 0.6) is 0 Å². The molecule has 2 N–H and O–H groups in total. The second kappa shape index (κ2) is 8.34. The lowest BCUT2D eigenvalue weighted by atomic mass is 10.0. The molecule has 2 rings (SSSR count). The van der Waals surface area contributed by atoms with E-state index in [9.17, 15) is 14.4 Å². The van der Waals surface area contributed by atoms with Crippen LogP contribution in [0, 0.1) is 0 Å². The number of benzene rings is 1. The van der Waals surface area contributed by atoms with E-state index in [1.807, 2.05) is 27.7 Å². The number of hydrogen-bond donors (Lipinski definition) is 2. The minimum atomic E-state index is -0.417. The SMILES string of the molecule is CCC(=O)N1CCCC[C@@H]1C(=O)Nc1ccc(C(=O)NC(C)(C)C)cc1. The van der Waals surface area contributed by atoms with Crippen LogP contribution in [0.15, 0.2) is 24.3 Å². The maximum atomic E-state index is 12.6. The number of nitrogens with one attached hydrogen (secondary N) is 2. The van der Waals surface area contributed by atoms with Gasteiger partial charge < -0.3 is 15.5 Å². The molecule has 1 aliphatic rings. The van der Waals surface area contributed by atoms with E-state index in [2.05, 4.69) is 10.6 Å². The monoisotopic (exact) mass is 359 g/mol. The van der Waals surface area contributed by atoms with E-state index in [-0.39, 0.29) is 23.3 Å². The van der Waals surface area contributed by atoms with Crippen LogP contribution in [-0.2, 0) is 9.59 Å². The molecule has 3 amide bonds. The summed E-state index contributed by atoms with van der Waals surface area (Å²) in [6, 6.07) is 6.38. The Morgan fingerprint density at radius 2 is 1.77 bits per heavy atom. The van der Waals surface area contributed by atoms with Crippen LogP contribution in [0.4, 0.5) is 5.69 Å². The Kier molecular flexibility index (Phi) is 6.40. The number of likely N-dealkylation sites (tertiary alicyclic amines) is 1. The van der Waals surface area contributed by atoms with Gasteiger partial charge in [0.2, 0.25) is 11.8 Å². The zero-order chi connectivity index (χ0) is 19.3. The molecule has 1 aromatic rings. The quantitative estimate of drug-likeness (QED) is 0.867. The van der Waals surface area contributed by atoms with Crippen molar-refractivity contribution >= 4 is 23.4 Å². The molecule has 1 heterocycles. The molecule has 0 aliphatic carbocycles. The van der Waals surface area contributed by atoms with Gasteiger partial charge in [-0.2, -0.15) is 0 Å². The molecule has 1 aliphatic heterocycles. The van der Waals surface area contributed by atoms with Gasteiger partial charge in [-0.05, 0) is 64.3 Å². The normalized spacial score (nSPS) is 17.5. The van der Waals surface area contributed by atoms with Gasteiger partial charge in [0, 0.05) is 29.8 Å². The minimum Gasteiger partial charge on any atom is -0.347 e. The lowest BCUT2D eigenvalue weighted by Crippen LogP contribution is -2.49. The van der Waals surface area contributed by atoms with Crippen molar-refractivity contribution in [3.63, 3.8) is 0 Å². The number of piperidine rings is 1. The van der Waals surface area contributed by atoms with E-state index in [0.717, 1.165) is 12.8 Å². The third kappa shape index (κ3) is 5.31. The first-order valence-electron chi connectivity index (χ1n) is 9.24. The summed E-state index contributed by atoms with van der Waals surface area (Å²) in [4.78, 5) is 38.5. The first kappa shape index (κ1) is 19.9. The van der Waals surface area contributed by atoms with E-state index in [4.69, 9.17) is 0 Å². The van der Waals surface area contributed by atoms with Crippen LogP contribution in [0.2, 0.25) is 0 Å². The van der Waals surface area contributed by atoms with Crippen molar-refractivity contribution < 1.29 is 14.4 Å². The molecule has 6 nitrogen and oxygen atoms in total. The largest absolute Gasteiger partial charge is 0.347 e. The molecule has 1 aromatic carbocycles. The maximum absolute atomic E-state index is 12.6. The average molecular weight is 359 g/mol.